The van der Waals surface area contributed by atoms with E-state index in [-0.39, 0.29) is 5.91 Å². The topological polar surface area (TPSA) is 53.1 Å². The number of likely N-dealkylation sites (tertiary alicyclic amines) is 1. The van der Waals surface area contributed by atoms with Gasteiger partial charge < -0.3 is 10.3 Å². The van der Waals surface area contributed by atoms with Crippen LogP contribution in [0, 0.1) is 4.77 Å². The van der Waals surface area contributed by atoms with Gasteiger partial charge in [0.05, 0.1) is 0 Å². The molecule has 0 spiro atoms. The van der Waals surface area contributed by atoms with Gasteiger partial charge in [-0.05, 0) is 68.7 Å². The predicted molar refractivity (Wildman–Crippen MR) is 110 cm³/mol. The number of rotatable bonds is 5. The Bertz CT molecular complexity index is 819. The third-order valence-electron chi connectivity index (χ3n) is 6.02. The Morgan fingerprint density at radius 3 is 2.59 bits per heavy atom. The molecule has 27 heavy (non-hydrogen) atoms. The molecule has 1 aromatic heterocycles. The van der Waals surface area contributed by atoms with Crippen LogP contribution in [0.15, 0.2) is 36.7 Å². The van der Waals surface area contributed by atoms with E-state index in [0.29, 0.717) is 16.4 Å². The molecule has 4 rings (SSSR count). The SMILES string of the molecule is O=C(NCC1CCCN1C1CCCCC1)c1ccc(-n2cc[nH]c2=S)cc1. The van der Waals surface area contributed by atoms with E-state index in [0.717, 1.165) is 18.3 Å². The van der Waals surface area contributed by atoms with E-state index in [9.17, 15) is 4.79 Å². The minimum Gasteiger partial charge on any atom is -0.350 e. The Kier molecular flexibility index (Phi) is 5.74. The third-order valence-corrected chi connectivity index (χ3v) is 6.34. The summed E-state index contributed by atoms with van der Waals surface area (Å²) in [6, 6.07) is 8.83. The number of hydrogen-bond donors (Lipinski definition) is 2. The van der Waals surface area contributed by atoms with Crippen molar-refractivity contribution in [1.29, 1.82) is 0 Å². The number of aromatic amines is 1. The van der Waals surface area contributed by atoms with Crippen LogP contribution in [0.3, 0.4) is 0 Å². The molecule has 1 aromatic carbocycles. The van der Waals surface area contributed by atoms with Crippen molar-refractivity contribution in [2.24, 2.45) is 0 Å². The molecule has 2 aromatic rings. The lowest BCUT2D eigenvalue weighted by Crippen LogP contribution is -2.45. The molecule has 1 saturated heterocycles. The van der Waals surface area contributed by atoms with Gasteiger partial charge in [0.1, 0.15) is 0 Å². The summed E-state index contributed by atoms with van der Waals surface area (Å²) in [6.45, 7) is 1.94. The minimum absolute atomic E-state index is 0.00899. The van der Waals surface area contributed by atoms with Gasteiger partial charge >= 0.3 is 0 Å². The molecule has 144 valence electrons. The second kappa shape index (κ2) is 8.40. The molecule has 1 amide bonds. The zero-order valence-electron chi connectivity index (χ0n) is 15.7. The molecule has 1 saturated carbocycles. The largest absolute Gasteiger partial charge is 0.350 e. The van der Waals surface area contributed by atoms with Crippen LogP contribution in [-0.2, 0) is 0 Å². The standard InChI is InChI=1S/C21H28N4OS/c26-20(16-8-10-18(11-9-16)25-14-12-22-21(25)27)23-15-19-7-4-13-24(19)17-5-2-1-3-6-17/h8-12,14,17,19H,1-7,13,15H2,(H,22,27)(H,23,26). The van der Waals surface area contributed by atoms with Gasteiger partial charge in [0.2, 0.25) is 0 Å². The van der Waals surface area contributed by atoms with E-state index in [2.05, 4.69) is 15.2 Å². The second-order valence-corrected chi connectivity index (χ2v) is 8.10. The first-order valence-corrected chi connectivity index (χ1v) is 10.5. The monoisotopic (exact) mass is 384 g/mol. The highest BCUT2D eigenvalue weighted by Crippen LogP contribution is 2.28. The second-order valence-electron chi connectivity index (χ2n) is 7.72. The van der Waals surface area contributed by atoms with Crippen molar-refractivity contribution in [2.45, 2.75) is 57.0 Å². The van der Waals surface area contributed by atoms with Gasteiger partial charge in [-0.1, -0.05) is 19.3 Å². The average molecular weight is 385 g/mol. The summed E-state index contributed by atoms with van der Waals surface area (Å²) in [6.07, 6.45) is 12.9. The summed E-state index contributed by atoms with van der Waals surface area (Å²) in [7, 11) is 0. The summed E-state index contributed by atoms with van der Waals surface area (Å²) < 4.78 is 2.54. The number of benzene rings is 1. The van der Waals surface area contributed by atoms with Crippen molar-refractivity contribution >= 4 is 18.1 Å². The maximum absolute atomic E-state index is 12.6. The van der Waals surface area contributed by atoms with E-state index in [1.807, 2.05) is 41.2 Å². The molecule has 0 bridgehead atoms. The van der Waals surface area contributed by atoms with E-state index in [4.69, 9.17) is 12.2 Å². The van der Waals surface area contributed by atoms with Crippen molar-refractivity contribution in [3.63, 3.8) is 0 Å². The highest BCUT2D eigenvalue weighted by Gasteiger charge is 2.31. The Morgan fingerprint density at radius 1 is 1.11 bits per heavy atom. The Hall–Kier alpha value is -1.92. The van der Waals surface area contributed by atoms with Crippen molar-refractivity contribution < 1.29 is 4.79 Å². The Morgan fingerprint density at radius 2 is 1.89 bits per heavy atom. The smallest absolute Gasteiger partial charge is 0.251 e. The van der Waals surface area contributed by atoms with E-state index < -0.39 is 0 Å². The van der Waals surface area contributed by atoms with Crippen LogP contribution in [0.4, 0.5) is 0 Å². The van der Waals surface area contributed by atoms with Gasteiger partial charge in [0, 0.05) is 42.3 Å². The number of carbonyl (C=O) groups excluding carboxylic acids is 1. The fourth-order valence-corrected chi connectivity index (χ4v) is 4.81. The van der Waals surface area contributed by atoms with E-state index in [1.165, 1.54) is 51.5 Å². The highest BCUT2D eigenvalue weighted by atomic mass is 32.1. The number of H-pyrrole nitrogens is 1. The maximum Gasteiger partial charge on any atom is 0.251 e. The lowest BCUT2D eigenvalue weighted by molar-refractivity contribution is 0.0920. The summed E-state index contributed by atoms with van der Waals surface area (Å²) in [4.78, 5) is 18.2. The van der Waals surface area contributed by atoms with Gasteiger partial charge in [-0.15, -0.1) is 0 Å². The van der Waals surface area contributed by atoms with E-state index >= 15 is 0 Å². The number of imidazole rings is 1. The van der Waals surface area contributed by atoms with Crippen molar-refractivity contribution in [3.8, 4) is 5.69 Å². The van der Waals surface area contributed by atoms with Crippen LogP contribution < -0.4 is 5.32 Å². The van der Waals surface area contributed by atoms with Crippen molar-refractivity contribution in [2.75, 3.05) is 13.1 Å². The first kappa shape index (κ1) is 18.4. The zero-order valence-corrected chi connectivity index (χ0v) is 16.5. The van der Waals surface area contributed by atoms with Crippen LogP contribution in [0.2, 0.25) is 0 Å². The lowest BCUT2D eigenvalue weighted by Gasteiger charge is -2.35. The van der Waals surface area contributed by atoms with Gasteiger partial charge in [0.25, 0.3) is 5.91 Å². The Balaban J connectivity index is 1.35. The summed E-state index contributed by atoms with van der Waals surface area (Å²) >= 11 is 5.24. The van der Waals surface area contributed by atoms with Gasteiger partial charge in [0.15, 0.2) is 4.77 Å². The highest BCUT2D eigenvalue weighted by molar-refractivity contribution is 7.71. The van der Waals surface area contributed by atoms with Gasteiger partial charge in [-0.25, -0.2) is 0 Å². The molecule has 6 heteroatoms. The molecule has 2 fully saturated rings. The quantitative estimate of drug-likeness (QED) is 0.765. The molecule has 1 aliphatic carbocycles. The maximum atomic E-state index is 12.6. The summed E-state index contributed by atoms with van der Waals surface area (Å²) in [5.74, 6) is 0.00899. The normalized spacial score (nSPS) is 21.4. The molecule has 2 heterocycles. The molecule has 2 N–H and O–H groups in total. The fraction of sp³-hybridized carbons (Fsp3) is 0.524. The third kappa shape index (κ3) is 4.17. The number of carbonyl (C=O) groups is 1. The van der Waals surface area contributed by atoms with E-state index in [1.54, 1.807) is 0 Å². The number of aromatic nitrogens is 2. The molecule has 5 nitrogen and oxygen atoms in total. The summed E-state index contributed by atoms with van der Waals surface area (Å²) in [5, 5.41) is 3.16. The fourth-order valence-electron chi connectivity index (χ4n) is 4.58. The number of nitrogens with one attached hydrogen (secondary N) is 2. The first-order valence-electron chi connectivity index (χ1n) is 10.1. The molecule has 2 aliphatic rings. The van der Waals surface area contributed by atoms with Gasteiger partial charge in [-0.3, -0.25) is 14.3 Å². The molecular formula is C21H28N4OS. The van der Waals surface area contributed by atoms with Gasteiger partial charge in [-0.2, -0.15) is 0 Å². The average Bonchev–Trinajstić information content (AvgIpc) is 3.36. The van der Waals surface area contributed by atoms with Crippen LogP contribution in [0.1, 0.15) is 55.3 Å². The van der Waals surface area contributed by atoms with Crippen molar-refractivity contribution in [1.82, 2.24) is 19.8 Å². The number of hydrogen-bond acceptors (Lipinski definition) is 3. The predicted octanol–water partition coefficient (Wildman–Crippen LogP) is 4.06. The van der Waals surface area contributed by atoms with Crippen LogP contribution >= 0.6 is 12.2 Å². The number of amides is 1. The Labute approximate surface area is 165 Å². The molecule has 1 aliphatic heterocycles. The molecule has 1 atom stereocenters. The first-order chi connectivity index (χ1) is 13.2. The summed E-state index contributed by atoms with van der Waals surface area (Å²) in [5.41, 5.74) is 1.65. The van der Waals surface area contributed by atoms with Crippen LogP contribution in [0.25, 0.3) is 5.69 Å². The molecule has 0 radical (unpaired) electrons. The van der Waals surface area contributed by atoms with Crippen LogP contribution in [-0.4, -0.2) is 45.5 Å². The zero-order chi connectivity index (χ0) is 18.6. The van der Waals surface area contributed by atoms with Crippen molar-refractivity contribution in [3.05, 3.63) is 47.0 Å². The number of nitrogens with zero attached hydrogens (tertiary/aromatic N) is 2. The molecular weight excluding hydrogens is 356 g/mol. The molecule has 1 unspecified atom stereocenters. The minimum atomic E-state index is 0.00899. The van der Waals surface area contributed by atoms with Crippen LogP contribution in [0.5, 0.6) is 0 Å². The lowest BCUT2D eigenvalue weighted by atomic mass is 9.94.